The number of ketones is 1. The zero-order valence-corrected chi connectivity index (χ0v) is 11.7. The average molecular weight is 299 g/mol. The molecule has 0 bridgehead atoms. The second-order valence-electron chi connectivity index (χ2n) is 3.92. The summed E-state index contributed by atoms with van der Waals surface area (Å²) in [6.07, 6.45) is 1.92. The van der Waals surface area contributed by atoms with Gasteiger partial charge in [-0.1, -0.05) is 18.5 Å². The van der Waals surface area contributed by atoms with Gasteiger partial charge in [0, 0.05) is 11.8 Å². The van der Waals surface area contributed by atoms with Crippen LogP contribution < -0.4 is 11.2 Å². The molecule has 0 radical (unpaired) electrons. The van der Waals surface area contributed by atoms with Crippen molar-refractivity contribution in [1.82, 2.24) is 9.55 Å². The summed E-state index contributed by atoms with van der Waals surface area (Å²) < 4.78 is 1.72. The van der Waals surface area contributed by atoms with Gasteiger partial charge in [-0.25, -0.2) is 4.79 Å². The van der Waals surface area contributed by atoms with Gasteiger partial charge < -0.3 is 0 Å². The molecule has 2 rings (SSSR count). The van der Waals surface area contributed by atoms with Gasteiger partial charge in [0.1, 0.15) is 0 Å². The Morgan fingerprint density at radius 1 is 1.42 bits per heavy atom. The molecule has 1 N–H and O–H groups in total. The number of nitrogens with zero attached hydrogens (tertiary/aromatic N) is 1. The van der Waals surface area contributed by atoms with Crippen LogP contribution in [0.4, 0.5) is 0 Å². The molecule has 2 aromatic heterocycles. The van der Waals surface area contributed by atoms with Crippen LogP contribution in [-0.4, -0.2) is 15.3 Å². The fourth-order valence-electron chi connectivity index (χ4n) is 1.62. The Bertz CT molecular complexity index is 729. The number of aromatic nitrogens is 2. The number of halogens is 1. The van der Waals surface area contributed by atoms with Gasteiger partial charge >= 0.3 is 5.69 Å². The largest absolute Gasteiger partial charge is 0.328 e. The van der Waals surface area contributed by atoms with Gasteiger partial charge in [-0.05, 0) is 18.6 Å². The first kappa shape index (κ1) is 13.8. The SMILES string of the molecule is CCc1cn(CC(=O)c2ccc(Cl)s2)c(=O)[nH]c1=O. The van der Waals surface area contributed by atoms with Crippen molar-refractivity contribution < 1.29 is 4.79 Å². The quantitative estimate of drug-likeness (QED) is 0.873. The van der Waals surface area contributed by atoms with Gasteiger partial charge in [0.15, 0.2) is 5.78 Å². The Morgan fingerprint density at radius 3 is 2.74 bits per heavy atom. The fourth-order valence-corrected chi connectivity index (χ4v) is 2.59. The first-order valence-electron chi connectivity index (χ1n) is 5.62. The van der Waals surface area contributed by atoms with Crippen molar-refractivity contribution in [3.05, 3.63) is 53.9 Å². The van der Waals surface area contributed by atoms with Crippen LogP contribution in [-0.2, 0) is 13.0 Å². The van der Waals surface area contributed by atoms with Crippen molar-refractivity contribution in [3.63, 3.8) is 0 Å². The Morgan fingerprint density at radius 2 is 2.16 bits per heavy atom. The first-order valence-corrected chi connectivity index (χ1v) is 6.82. The number of hydrogen-bond donors (Lipinski definition) is 1. The maximum atomic E-state index is 12.0. The lowest BCUT2D eigenvalue weighted by atomic mass is 10.2. The summed E-state index contributed by atoms with van der Waals surface area (Å²) in [5.74, 6) is -0.215. The van der Waals surface area contributed by atoms with Crippen LogP contribution in [0.15, 0.2) is 27.9 Å². The van der Waals surface area contributed by atoms with Crippen molar-refractivity contribution >= 4 is 28.7 Å². The van der Waals surface area contributed by atoms with Gasteiger partial charge in [0.05, 0.1) is 15.8 Å². The van der Waals surface area contributed by atoms with E-state index in [1.54, 1.807) is 19.1 Å². The molecule has 0 aliphatic carbocycles. The number of thiophene rings is 1. The molecule has 5 nitrogen and oxygen atoms in total. The molecular formula is C12H11ClN2O3S. The van der Waals surface area contributed by atoms with Crippen molar-refractivity contribution in [2.75, 3.05) is 0 Å². The number of aryl methyl sites for hydroxylation is 1. The summed E-state index contributed by atoms with van der Waals surface area (Å²) in [6, 6.07) is 3.25. The maximum absolute atomic E-state index is 12.0. The Balaban J connectivity index is 2.31. The topological polar surface area (TPSA) is 71.9 Å². The summed E-state index contributed by atoms with van der Waals surface area (Å²) in [5, 5.41) is 0. The van der Waals surface area contributed by atoms with E-state index in [2.05, 4.69) is 4.98 Å². The van der Waals surface area contributed by atoms with Gasteiger partial charge in [-0.15, -0.1) is 11.3 Å². The molecule has 0 amide bonds. The lowest BCUT2D eigenvalue weighted by Gasteiger charge is -2.04. The second-order valence-corrected chi connectivity index (χ2v) is 5.64. The standard InChI is InChI=1S/C12H11ClN2O3S/c1-2-7-5-15(12(18)14-11(7)17)6-8(16)9-3-4-10(13)19-9/h3-5H,2,6H2,1H3,(H,14,17,18). The third-order valence-electron chi connectivity index (χ3n) is 2.63. The molecule has 0 saturated heterocycles. The van der Waals surface area contributed by atoms with E-state index in [0.29, 0.717) is 21.2 Å². The smallest absolute Gasteiger partial charge is 0.292 e. The molecule has 0 spiro atoms. The lowest BCUT2D eigenvalue weighted by Crippen LogP contribution is -2.33. The number of Topliss-reactive ketones (excluding diaryl/α,β-unsaturated/α-hetero) is 1. The summed E-state index contributed by atoms with van der Waals surface area (Å²) in [7, 11) is 0. The molecule has 19 heavy (non-hydrogen) atoms. The van der Waals surface area contributed by atoms with Crippen molar-refractivity contribution in [2.24, 2.45) is 0 Å². The summed E-state index contributed by atoms with van der Waals surface area (Å²) >= 11 is 6.92. The average Bonchev–Trinajstić information content (AvgIpc) is 2.79. The number of nitrogens with one attached hydrogen (secondary N) is 1. The minimum absolute atomic E-state index is 0.112. The number of carbonyl (C=O) groups is 1. The van der Waals surface area contributed by atoms with Crippen molar-refractivity contribution in [1.29, 1.82) is 0 Å². The highest BCUT2D eigenvalue weighted by atomic mass is 35.5. The third kappa shape index (κ3) is 3.02. The Labute approximate surface area is 117 Å². The van der Waals surface area contributed by atoms with Crippen molar-refractivity contribution in [2.45, 2.75) is 19.9 Å². The van der Waals surface area contributed by atoms with Gasteiger partial charge in [0.2, 0.25) is 0 Å². The second kappa shape index (κ2) is 5.54. The van der Waals surface area contributed by atoms with E-state index in [4.69, 9.17) is 11.6 Å². The number of rotatable bonds is 4. The van der Waals surface area contributed by atoms with Crippen LogP contribution in [0.2, 0.25) is 4.34 Å². The number of carbonyl (C=O) groups excluding carboxylic acids is 1. The van der Waals surface area contributed by atoms with Crippen LogP contribution in [0.1, 0.15) is 22.2 Å². The predicted octanol–water partition coefficient (Wildman–Crippen LogP) is 1.70. The minimum Gasteiger partial charge on any atom is -0.292 e. The maximum Gasteiger partial charge on any atom is 0.328 e. The predicted molar refractivity (Wildman–Crippen MR) is 74.4 cm³/mol. The Kier molecular flexibility index (Phi) is 4.01. The fraction of sp³-hybridized carbons (Fsp3) is 0.250. The highest BCUT2D eigenvalue weighted by Gasteiger charge is 2.11. The molecular weight excluding hydrogens is 288 g/mol. The van der Waals surface area contributed by atoms with E-state index in [-0.39, 0.29) is 12.3 Å². The van der Waals surface area contributed by atoms with Crippen LogP contribution >= 0.6 is 22.9 Å². The summed E-state index contributed by atoms with van der Waals surface area (Å²) in [6.45, 7) is 1.69. The van der Waals surface area contributed by atoms with E-state index in [1.165, 1.54) is 10.8 Å². The summed E-state index contributed by atoms with van der Waals surface area (Å²) in [4.78, 5) is 37.7. The molecule has 0 unspecified atom stereocenters. The monoisotopic (exact) mass is 298 g/mol. The van der Waals surface area contributed by atoms with Crippen LogP contribution in [0.3, 0.4) is 0 Å². The first-order chi connectivity index (χ1) is 9.01. The molecule has 0 aliphatic rings. The van der Waals surface area contributed by atoms with Gasteiger partial charge in [0.25, 0.3) is 5.56 Å². The molecule has 0 saturated carbocycles. The van der Waals surface area contributed by atoms with E-state index < -0.39 is 11.2 Å². The molecule has 0 fully saturated rings. The molecule has 0 aliphatic heterocycles. The van der Waals surface area contributed by atoms with Crippen molar-refractivity contribution in [3.8, 4) is 0 Å². The zero-order chi connectivity index (χ0) is 14.0. The molecule has 2 aromatic rings. The van der Waals surface area contributed by atoms with E-state index in [9.17, 15) is 14.4 Å². The highest BCUT2D eigenvalue weighted by Crippen LogP contribution is 2.21. The number of aromatic amines is 1. The normalized spacial score (nSPS) is 10.6. The molecule has 0 aromatic carbocycles. The lowest BCUT2D eigenvalue weighted by molar-refractivity contribution is 0.0974. The van der Waals surface area contributed by atoms with Gasteiger partial charge in [-0.3, -0.25) is 19.1 Å². The van der Waals surface area contributed by atoms with Crippen LogP contribution in [0.5, 0.6) is 0 Å². The zero-order valence-electron chi connectivity index (χ0n) is 10.1. The van der Waals surface area contributed by atoms with E-state index >= 15 is 0 Å². The molecule has 0 atom stereocenters. The van der Waals surface area contributed by atoms with E-state index in [0.717, 1.165) is 11.3 Å². The third-order valence-corrected chi connectivity index (χ3v) is 3.90. The number of hydrogen-bond acceptors (Lipinski definition) is 4. The van der Waals surface area contributed by atoms with Gasteiger partial charge in [-0.2, -0.15) is 0 Å². The molecule has 2 heterocycles. The minimum atomic E-state index is -0.585. The number of H-pyrrole nitrogens is 1. The van der Waals surface area contributed by atoms with E-state index in [1.807, 2.05) is 0 Å². The highest BCUT2D eigenvalue weighted by molar-refractivity contribution is 7.18. The van der Waals surface area contributed by atoms with Crippen LogP contribution in [0, 0.1) is 0 Å². The molecule has 100 valence electrons. The molecule has 7 heteroatoms. The summed E-state index contributed by atoms with van der Waals surface area (Å²) in [5.41, 5.74) is -0.523. The Hall–Kier alpha value is -1.66. The van der Waals surface area contributed by atoms with Crippen LogP contribution in [0.25, 0.3) is 0 Å².